The van der Waals surface area contributed by atoms with E-state index in [2.05, 4.69) is 54.9 Å². The Hall–Kier alpha value is -0.840. The number of halogens is 1. The van der Waals surface area contributed by atoms with Crippen LogP contribution < -0.4 is 10.5 Å². The van der Waals surface area contributed by atoms with Crippen LogP contribution in [0.3, 0.4) is 0 Å². The van der Waals surface area contributed by atoms with Crippen LogP contribution in [0, 0.1) is 20.8 Å². The topological polar surface area (TPSA) is 35.2 Å². The molecule has 2 nitrogen and oxygen atoms in total. The van der Waals surface area contributed by atoms with Gasteiger partial charge in [-0.2, -0.15) is 0 Å². The van der Waals surface area contributed by atoms with E-state index in [9.17, 15) is 0 Å². The lowest BCUT2D eigenvalue weighted by Gasteiger charge is -2.10. The second-order valence-electron chi connectivity index (χ2n) is 4.66. The van der Waals surface area contributed by atoms with Crippen LogP contribution in [0.25, 0.3) is 0 Å². The molecule has 4 heteroatoms. The van der Waals surface area contributed by atoms with E-state index in [4.69, 9.17) is 10.5 Å². The molecule has 0 aliphatic rings. The van der Waals surface area contributed by atoms with Crippen LogP contribution in [0.5, 0.6) is 5.75 Å². The van der Waals surface area contributed by atoms with Crippen LogP contribution >= 0.6 is 27.3 Å². The second-order valence-corrected chi connectivity index (χ2v) is 6.79. The number of benzene rings is 1. The zero-order valence-corrected chi connectivity index (χ0v) is 13.8. The predicted molar refractivity (Wildman–Crippen MR) is 84.9 cm³/mol. The Balaban J connectivity index is 2.12. The molecule has 0 spiro atoms. The van der Waals surface area contributed by atoms with Gasteiger partial charge in [-0.15, -0.1) is 11.3 Å². The SMILES string of the molecule is Cc1cc(OCc2cc(CN)sc2C)cc(C)c1Br. The van der Waals surface area contributed by atoms with Gasteiger partial charge in [-0.3, -0.25) is 0 Å². The van der Waals surface area contributed by atoms with Crippen molar-refractivity contribution in [3.8, 4) is 5.75 Å². The first-order valence-electron chi connectivity index (χ1n) is 6.19. The maximum atomic E-state index is 5.89. The number of nitrogens with two attached hydrogens (primary N) is 1. The van der Waals surface area contributed by atoms with Crippen molar-refractivity contribution >= 4 is 27.3 Å². The molecule has 0 amide bonds. The Morgan fingerprint density at radius 2 is 1.79 bits per heavy atom. The Kier molecular flexibility index (Phi) is 4.66. The van der Waals surface area contributed by atoms with Gasteiger partial charge in [-0.05, 0) is 50.1 Å². The van der Waals surface area contributed by atoms with Crippen molar-refractivity contribution in [3.05, 3.63) is 49.1 Å². The monoisotopic (exact) mass is 339 g/mol. The summed E-state index contributed by atoms with van der Waals surface area (Å²) in [7, 11) is 0. The molecule has 0 bridgehead atoms. The molecule has 0 fully saturated rings. The lowest BCUT2D eigenvalue weighted by atomic mass is 10.1. The van der Waals surface area contributed by atoms with Crippen molar-refractivity contribution in [3.63, 3.8) is 0 Å². The average molecular weight is 340 g/mol. The number of ether oxygens (including phenoxy) is 1. The molecule has 0 aliphatic heterocycles. The van der Waals surface area contributed by atoms with Gasteiger partial charge < -0.3 is 10.5 Å². The first-order valence-corrected chi connectivity index (χ1v) is 7.80. The molecular weight excluding hydrogens is 322 g/mol. The predicted octanol–water partition coefficient (Wildman–Crippen LogP) is 4.47. The van der Waals surface area contributed by atoms with Gasteiger partial charge in [0.25, 0.3) is 0 Å². The summed E-state index contributed by atoms with van der Waals surface area (Å²) in [6.07, 6.45) is 0. The lowest BCUT2D eigenvalue weighted by Crippen LogP contribution is -1.97. The second kappa shape index (κ2) is 6.07. The van der Waals surface area contributed by atoms with Crippen molar-refractivity contribution in [2.24, 2.45) is 5.73 Å². The summed E-state index contributed by atoms with van der Waals surface area (Å²) in [6.45, 7) is 7.46. The zero-order valence-electron chi connectivity index (χ0n) is 11.4. The highest BCUT2D eigenvalue weighted by Gasteiger charge is 2.07. The molecule has 1 aromatic carbocycles. The third-order valence-electron chi connectivity index (χ3n) is 3.08. The van der Waals surface area contributed by atoms with Gasteiger partial charge in [-0.1, -0.05) is 15.9 Å². The van der Waals surface area contributed by atoms with Crippen LogP contribution in [0.15, 0.2) is 22.7 Å². The largest absolute Gasteiger partial charge is 0.489 e. The van der Waals surface area contributed by atoms with Crippen molar-refractivity contribution in [1.29, 1.82) is 0 Å². The summed E-state index contributed by atoms with van der Waals surface area (Å²) in [6, 6.07) is 6.25. The van der Waals surface area contributed by atoms with E-state index in [1.807, 2.05) is 0 Å². The standard InChI is InChI=1S/C15H18BrNOS/c1-9-4-13(5-10(2)15(9)16)18-8-12-6-14(7-17)19-11(12)3/h4-6H,7-8,17H2,1-3H3. The molecule has 0 atom stereocenters. The molecule has 0 saturated carbocycles. The number of thiophene rings is 1. The fourth-order valence-corrected chi connectivity index (χ4v) is 3.14. The summed E-state index contributed by atoms with van der Waals surface area (Å²) in [5.41, 5.74) is 9.27. The van der Waals surface area contributed by atoms with E-state index in [-0.39, 0.29) is 0 Å². The highest BCUT2D eigenvalue weighted by Crippen LogP contribution is 2.28. The van der Waals surface area contributed by atoms with E-state index < -0.39 is 0 Å². The summed E-state index contributed by atoms with van der Waals surface area (Å²) >= 11 is 5.31. The van der Waals surface area contributed by atoms with Gasteiger partial charge in [0, 0.05) is 26.3 Å². The van der Waals surface area contributed by atoms with Crippen LogP contribution in [-0.2, 0) is 13.2 Å². The van der Waals surface area contributed by atoms with E-state index in [0.717, 1.165) is 10.2 Å². The normalized spacial score (nSPS) is 10.8. The zero-order chi connectivity index (χ0) is 14.0. The van der Waals surface area contributed by atoms with Crippen LogP contribution in [0.2, 0.25) is 0 Å². The van der Waals surface area contributed by atoms with Gasteiger partial charge >= 0.3 is 0 Å². The molecule has 2 rings (SSSR count). The van der Waals surface area contributed by atoms with Crippen molar-refractivity contribution in [2.75, 3.05) is 0 Å². The van der Waals surface area contributed by atoms with Gasteiger partial charge in [0.05, 0.1) is 0 Å². The maximum Gasteiger partial charge on any atom is 0.120 e. The van der Waals surface area contributed by atoms with Crippen LogP contribution in [-0.4, -0.2) is 0 Å². The molecule has 19 heavy (non-hydrogen) atoms. The van der Waals surface area contributed by atoms with Crippen LogP contribution in [0.1, 0.15) is 26.4 Å². The number of hydrogen-bond donors (Lipinski definition) is 1. The quantitative estimate of drug-likeness (QED) is 0.891. The summed E-state index contributed by atoms with van der Waals surface area (Å²) in [5, 5.41) is 0. The highest BCUT2D eigenvalue weighted by molar-refractivity contribution is 9.10. The van der Waals surface area contributed by atoms with E-state index in [0.29, 0.717) is 13.2 Å². The van der Waals surface area contributed by atoms with E-state index >= 15 is 0 Å². The first kappa shape index (κ1) is 14.6. The molecule has 0 radical (unpaired) electrons. The van der Waals surface area contributed by atoms with Gasteiger partial charge in [0.2, 0.25) is 0 Å². The molecule has 1 aromatic heterocycles. The van der Waals surface area contributed by atoms with E-state index in [1.165, 1.54) is 26.4 Å². The van der Waals surface area contributed by atoms with Crippen molar-refractivity contribution in [2.45, 2.75) is 33.9 Å². The Bertz CT molecular complexity index is 569. The Labute approximate surface area is 126 Å². The maximum absolute atomic E-state index is 5.89. The number of hydrogen-bond acceptors (Lipinski definition) is 3. The molecule has 2 N–H and O–H groups in total. The smallest absolute Gasteiger partial charge is 0.120 e. The molecular formula is C15H18BrNOS. The minimum atomic E-state index is 0.599. The fourth-order valence-electron chi connectivity index (χ4n) is 1.98. The number of aryl methyl sites for hydroxylation is 3. The first-order chi connectivity index (χ1) is 9.01. The van der Waals surface area contributed by atoms with Gasteiger partial charge in [-0.25, -0.2) is 0 Å². The highest BCUT2D eigenvalue weighted by atomic mass is 79.9. The van der Waals surface area contributed by atoms with Crippen LogP contribution in [0.4, 0.5) is 0 Å². The Morgan fingerprint density at radius 1 is 1.16 bits per heavy atom. The minimum Gasteiger partial charge on any atom is -0.489 e. The summed E-state index contributed by atoms with van der Waals surface area (Å²) in [4.78, 5) is 2.49. The fraction of sp³-hybridized carbons (Fsp3) is 0.333. The van der Waals surface area contributed by atoms with Crippen molar-refractivity contribution in [1.82, 2.24) is 0 Å². The lowest BCUT2D eigenvalue weighted by molar-refractivity contribution is 0.305. The molecule has 0 aliphatic carbocycles. The number of rotatable bonds is 4. The molecule has 0 saturated heterocycles. The molecule has 0 unspecified atom stereocenters. The Morgan fingerprint density at radius 3 is 2.32 bits per heavy atom. The average Bonchev–Trinajstić information content (AvgIpc) is 2.74. The molecule has 102 valence electrons. The molecule has 2 aromatic rings. The van der Waals surface area contributed by atoms with E-state index in [1.54, 1.807) is 11.3 Å². The van der Waals surface area contributed by atoms with Gasteiger partial charge in [0.1, 0.15) is 12.4 Å². The van der Waals surface area contributed by atoms with Gasteiger partial charge in [0.15, 0.2) is 0 Å². The summed E-state index contributed by atoms with van der Waals surface area (Å²) in [5.74, 6) is 0.915. The minimum absolute atomic E-state index is 0.599. The third-order valence-corrected chi connectivity index (χ3v) is 5.44. The van der Waals surface area contributed by atoms with Crippen molar-refractivity contribution < 1.29 is 4.74 Å². The third kappa shape index (κ3) is 3.38. The molecule has 1 heterocycles. The summed E-state index contributed by atoms with van der Waals surface area (Å²) < 4.78 is 7.04.